The first kappa shape index (κ1) is 17.8. The molecule has 0 saturated heterocycles. The van der Waals surface area contributed by atoms with E-state index in [9.17, 15) is 4.79 Å². The summed E-state index contributed by atoms with van der Waals surface area (Å²) in [6, 6.07) is 5.33. The Bertz CT molecular complexity index is 921. The van der Waals surface area contributed by atoms with Crippen LogP contribution in [0.4, 0.5) is 0 Å². The van der Waals surface area contributed by atoms with Gasteiger partial charge in [0.05, 0.1) is 5.75 Å². The Morgan fingerprint density at radius 2 is 1.69 bits per heavy atom. The second-order valence-electron chi connectivity index (χ2n) is 9.14. The predicted molar refractivity (Wildman–Crippen MR) is 107 cm³/mol. The molecule has 0 atom stereocenters. The van der Waals surface area contributed by atoms with E-state index in [0.29, 0.717) is 35.5 Å². The topological polar surface area (TPSA) is 74.5 Å². The Balaban J connectivity index is 1.14. The summed E-state index contributed by atoms with van der Waals surface area (Å²) in [6.45, 7) is 1.05. The van der Waals surface area contributed by atoms with E-state index in [1.165, 1.54) is 50.3 Å². The number of benzene rings is 1. The maximum absolute atomic E-state index is 12.6. The Labute approximate surface area is 173 Å². The maximum Gasteiger partial charge on any atom is 0.277 e. The van der Waals surface area contributed by atoms with Gasteiger partial charge in [-0.25, -0.2) is 0 Å². The van der Waals surface area contributed by atoms with Gasteiger partial charge in [0.15, 0.2) is 17.3 Å². The first-order valence-corrected chi connectivity index (χ1v) is 11.6. The van der Waals surface area contributed by atoms with Crippen molar-refractivity contribution in [3.05, 3.63) is 29.7 Å². The van der Waals surface area contributed by atoms with Gasteiger partial charge in [-0.05, 0) is 74.5 Å². The van der Waals surface area contributed by atoms with Crippen molar-refractivity contribution in [1.29, 1.82) is 0 Å². The maximum atomic E-state index is 12.6. The number of hydrogen-bond donors (Lipinski definition) is 0. The number of ether oxygens (including phenoxy) is 2. The number of carbonyl (C=O) groups is 1. The molecule has 5 aliphatic rings. The highest BCUT2D eigenvalue weighted by Crippen LogP contribution is 2.60. The molecule has 29 heavy (non-hydrogen) atoms. The minimum Gasteiger partial charge on any atom is -0.486 e. The van der Waals surface area contributed by atoms with Crippen molar-refractivity contribution in [3.8, 4) is 11.5 Å². The Hall–Kier alpha value is -2.02. The van der Waals surface area contributed by atoms with E-state index in [1.54, 1.807) is 18.2 Å². The molecule has 0 amide bonds. The van der Waals surface area contributed by atoms with Gasteiger partial charge in [-0.15, -0.1) is 10.2 Å². The molecule has 2 aromatic rings. The monoisotopic (exact) mass is 412 g/mol. The first-order valence-electron chi connectivity index (χ1n) is 10.6. The Kier molecular flexibility index (Phi) is 4.15. The van der Waals surface area contributed by atoms with Crippen molar-refractivity contribution in [1.82, 2.24) is 10.2 Å². The minimum atomic E-state index is 0.0153. The molecule has 2 heterocycles. The fourth-order valence-electron chi connectivity index (χ4n) is 6.28. The van der Waals surface area contributed by atoms with Crippen LogP contribution < -0.4 is 9.47 Å². The molecule has 0 unspecified atom stereocenters. The van der Waals surface area contributed by atoms with Crippen molar-refractivity contribution in [2.75, 3.05) is 19.0 Å². The SMILES string of the molecule is O=C(CSc1nnc(C23CC4CC(CC(C4)C2)C3)o1)c1ccc2c(c1)OCCO2. The summed E-state index contributed by atoms with van der Waals surface area (Å²) in [7, 11) is 0. The van der Waals surface area contributed by atoms with Gasteiger partial charge in [0.2, 0.25) is 5.89 Å². The number of rotatable bonds is 5. The second-order valence-corrected chi connectivity index (χ2v) is 10.1. The zero-order valence-electron chi connectivity index (χ0n) is 16.3. The average molecular weight is 413 g/mol. The van der Waals surface area contributed by atoms with Crippen LogP contribution in [0.2, 0.25) is 0 Å². The molecule has 4 fully saturated rings. The van der Waals surface area contributed by atoms with E-state index in [0.717, 1.165) is 23.6 Å². The average Bonchev–Trinajstić information content (AvgIpc) is 3.21. The van der Waals surface area contributed by atoms with Crippen LogP contribution in [0.5, 0.6) is 11.5 Å². The van der Waals surface area contributed by atoms with Crippen LogP contribution in [0.25, 0.3) is 0 Å². The number of aromatic nitrogens is 2. The molecule has 4 bridgehead atoms. The Morgan fingerprint density at radius 3 is 2.41 bits per heavy atom. The predicted octanol–water partition coefficient (Wildman–Crippen LogP) is 4.28. The molecule has 0 spiro atoms. The van der Waals surface area contributed by atoms with E-state index in [4.69, 9.17) is 13.9 Å². The van der Waals surface area contributed by atoms with Crippen molar-refractivity contribution in [2.24, 2.45) is 17.8 Å². The zero-order chi connectivity index (χ0) is 19.4. The summed E-state index contributed by atoms with van der Waals surface area (Å²) < 4.78 is 17.2. The number of thioether (sulfide) groups is 1. The number of ketones is 1. The fraction of sp³-hybridized carbons (Fsp3) is 0.591. The molecule has 6 nitrogen and oxygen atoms in total. The lowest BCUT2D eigenvalue weighted by molar-refractivity contribution is -0.0191. The van der Waals surface area contributed by atoms with Gasteiger partial charge in [-0.3, -0.25) is 4.79 Å². The van der Waals surface area contributed by atoms with Crippen LogP contribution in [-0.4, -0.2) is 34.9 Å². The van der Waals surface area contributed by atoms with Gasteiger partial charge in [0.1, 0.15) is 13.2 Å². The largest absolute Gasteiger partial charge is 0.486 e. The second kappa shape index (κ2) is 6.76. The van der Waals surface area contributed by atoms with Crippen molar-refractivity contribution < 1.29 is 18.7 Å². The minimum absolute atomic E-state index is 0.0153. The molecule has 1 aromatic heterocycles. The third-order valence-electron chi connectivity index (χ3n) is 7.09. The molecule has 1 aromatic carbocycles. The highest BCUT2D eigenvalue weighted by molar-refractivity contribution is 7.99. The van der Waals surface area contributed by atoms with Crippen molar-refractivity contribution >= 4 is 17.5 Å². The van der Waals surface area contributed by atoms with Gasteiger partial charge in [-0.1, -0.05) is 11.8 Å². The van der Waals surface area contributed by atoms with Crippen LogP contribution in [0, 0.1) is 17.8 Å². The number of Topliss-reactive ketones (excluding diaryl/α,β-unsaturated/α-hetero) is 1. The lowest BCUT2D eigenvalue weighted by Crippen LogP contribution is -2.48. The summed E-state index contributed by atoms with van der Waals surface area (Å²) in [5.74, 6) is 4.92. The number of fused-ring (bicyclic) bond motifs is 1. The summed E-state index contributed by atoms with van der Waals surface area (Å²) in [5.41, 5.74) is 0.711. The van der Waals surface area contributed by atoms with Gasteiger partial charge in [0.25, 0.3) is 5.22 Å². The zero-order valence-corrected chi connectivity index (χ0v) is 17.1. The van der Waals surface area contributed by atoms with Crippen molar-refractivity contribution in [3.63, 3.8) is 0 Å². The van der Waals surface area contributed by atoms with E-state index < -0.39 is 0 Å². The smallest absolute Gasteiger partial charge is 0.277 e. The molecular weight excluding hydrogens is 388 g/mol. The molecule has 0 N–H and O–H groups in total. The van der Waals surface area contributed by atoms with Crippen LogP contribution >= 0.6 is 11.8 Å². The Morgan fingerprint density at radius 1 is 1.00 bits per heavy atom. The summed E-state index contributed by atoms with van der Waals surface area (Å²) in [6.07, 6.45) is 7.75. The molecular formula is C22H24N2O4S. The third-order valence-corrected chi connectivity index (χ3v) is 7.91. The highest BCUT2D eigenvalue weighted by Gasteiger charge is 2.54. The standard InChI is InChI=1S/C22H24N2O4S/c25-17(16-1-2-18-19(8-16)27-4-3-26-18)12-29-21-24-23-20(28-21)22-9-13-5-14(10-22)7-15(6-13)11-22/h1-2,8,13-15H,3-7,9-12H2. The summed E-state index contributed by atoms with van der Waals surface area (Å²) in [4.78, 5) is 12.6. The third kappa shape index (κ3) is 3.14. The number of nitrogens with zero attached hydrogens (tertiary/aromatic N) is 2. The molecule has 4 saturated carbocycles. The molecule has 0 radical (unpaired) electrons. The molecule has 152 valence electrons. The molecule has 7 rings (SSSR count). The lowest BCUT2D eigenvalue weighted by Gasteiger charge is -2.55. The van der Waals surface area contributed by atoms with Crippen LogP contribution in [-0.2, 0) is 5.41 Å². The number of carbonyl (C=O) groups excluding carboxylic acids is 1. The van der Waals surface area contributed by atoms with E-state index in [-0.39, 0.29) is 17.0 Å². The summed E-state index contributed by atoms with van der Waals surface area (Å²) >= 11 is 1.32. The number of hydrogen-bond acceptors (Lipinski definition) is 7. The molecule has 1 aliphatic heterocycles. The normalized spacial score (nSPS) is 31.8. The molecule has 4 aliphatic carbocycles. The van der Waals surface area contributed by atoms with E-state index >= 15 is 0 Å². The quantitative estimate of drug-likeness (QED) is 0.536. The van der Waals surface area contributed by atoms with E-state index in [1.807, 2.05) is 0 Å². The van der Waals surface area contributed by atoms with Crippen LogP contribution in [0.1, 0.15) is 54.8 Å². The van der Waals surface area contributed by atoms with Gasteiger partial charge in [-0.2, -0.15) is 0 Å². The highest BCUT2D eigenvalue weighted by atomic mass is 32.2. The first-order chi connectivity index (χ1) is 14.2. The lowest BCUT2D eigenvalue weighted by atomic mass is 9.49. The fourth-order valence-corrected chi connectivity index (χ4v) is 6.94. The van der Waals surface area contributed by atoms with Crippen LogP contribution in [0.15, 0.2) is 27.8 Å². The van der Waals surface area contributed by atoms with Gasteiger partial charge in [0, 0.05) is 11.0 Å². The van der Waals surface area contributed by atoms with Crippen molar-refractivity contribution in [2.45, 2.75) is 49.2 Å². The molecule has 7 heteroatoms. The van der Waals surface area contributed by atoms with Gasteiger partial charge < -0.3 is 13.9 Å². The van der Waals surface area contributed by atoms with E-state index in [2.05, 4.69) is 10.2 Å². The van der Waals surface area contributed by atoms with Gasteiger partial charge >= 0.3 is 0 Å². The summed E-state index contributed by atoms with van der Waals surface area (Å²) in [5, 5.41) is 9.19. The van der Waals surface area contributed by atoms with Crippen LogP contribution in [0.3, 0.4) is 0 Å².